The summed E-state index contributed by atoms with van der Waals surface area (Å²) in [5, 5.41) is 3.14. The van der Waals surface area contributed by atoms with E-state index in [-0.39, 0.29) is 25.0 Å². The minimum atomic E-state index is -4.58. The van der Waals surface area contributed by atoms with Crippen molar-refractivity contribution in [2.24, 2.45) is 0 Å². The van der Waals surface area contributed by atoms with Crippen LogP contribution in [0.25, 0.3) is 0 Å². The molecule has 1 unspecified atom stereocenters. The topological polar surface area (TPSA) is 70.2 Å². The van der Waals surface area contributed by atoms with E-state index in [9.17, 15) is 21.6 Å². The maximum Gasteiger partial charge on any atom is 0.402 e. The highest BCUT2D eigenvalue weighted by atomic mass is 35.5. The van der Waals surface area contributed by atoms with Crippen molar-refractivity contribution in [1.29, 1.82) is 0 Å². The highest BCUT2D eigenvalue weighted by Crippen LogP contribution is 2.22. The first-order valence-electron chi connectivity index (χ1n) is 6.39. The molecule has 0 fully saturated rings. The molecule has 1 aliphatic rings. The molecule has 1 heterocycles. The number of hydrogen-bond donors (Lipinski definition) is 3. The molecule has 0 amide bonds. The summed E-state index contributed by atoms with van der Waals surface area (Å²) in [6.07, 6.45) is -3.74. The van der Waals surface area contributed by atoms with Gasteiger partial charge in [-0.2, -0.15) is 26.3 Å². The van der Waals surface area contributed by atoms with Gasteiger partial charge in [0, 0.05) is 12.6 Å². The van der Waals surface area contributed by atoms with Gasteiger partial charge in [0.2, 0.25) is 0 Å². The molecule has 126 valence electrons. The molecule has 1 aromatic carbocycles. The summed E-state index contributed by atoms with van der Waals surface area (Å²) < 4.78 is 62.6. The molecule has 0 spiro atoms. The Morgan fingerprint density at radius 1 is 1.23 bits per heavy atom. The SMILES string of the molecule is Cl.O=S(=O)(NCC1NCCc2ccccc21)NCC(F)(F)F. The Morgan fingerprint density at radius 3 is 2.59 bits per heavy atom. The molecule has 0 saturated heterocycles. The highest BCUT2D eigenvalue weighted by Gasteiger charge is 2.30. The van der Waals surface area contributed by atoms with Crippen LogP contribution in [0.5, 0.6) is 0 Å². The monoisotopic (exact) mass is 359 g/mol. The number of benzene rings is 1. The zero-order chi connectivity index (χ0) is 15.5. The third-order valence-electron chi connectivity index (χ3n) is 3.16. The fourth-order valence-electron chi connectivity index (χ4n) is 2.20. The van der Waals surface area contributed by atoms with Crippen LogP contribution in [0.2, 0.25) is 0 Å². The fourth-order valence-corrected chi connectivity index (χ4v) is 3.04. The first-order chi connectivity index (χ1) is 9.77. The lowest BCUT2D eigenvalue weighted by Crippen LogP contribution is -2.45. The second kappa shape index (κ2) is 7.60. The Balaban J connectivity index is 0.00000242. The van der Waals surface area contributed by atoms with Gasteiger partial charge in [-0.15, -0.1) is 12.4 Å². The summed E-state index contributed by atoms with van der Waals surface area (Å²) in [6.45, 7) is -0.902. The van der Waals surface area contributed by atoms with Crippen LogP contribution in [-0.2, 0) is 16.6 Å². The van der Waals surface area contributed by atoms with E-state index in [1.165, 1.54) is 4.72 Å². The van der Waals surface area contributed by atoms with Crippen LogP contribution in [0.4, 0.5) is 13.2 Å². The predicted octanol–water partition coefficient (Wildman–Crippen LogP) is 1.28. The van der Waals surface area contributed by atoms with E-state index in [4.69, 9.17) is 0 Å². The number of nitrogens with one attached hydrogen (secondary N) is 3. The lowest BCUT2D eigenvalue weighted by molar-refractivity contribution is -0.121. The van der Waals surface area contributed by atoms with Gasteiger partial charge in [0.1, 0.15) is 6.54 Å². The summed E-state index contributed by atoms with van der Waals surface area (Å²) in [4.78, 5) is 0. The second-order valence-electron chi connectivity index (χ2n) is 4.74. The third-order valence-corrected chi connectivity index (χ3v) is 4.23. The van der Waals surface area contributed by atoms with Crippen LogP contribution in [0.3, 0.4) is 0 Å². The molecule has 0 radical (unpaired) electrons. The van der Waals surface area contributed by atoms with Gasteiger partial charge >= 0.3 is 6.18 Å². The van der Waals surface area contributed by atoms with E-state index < -0.39 is 22.9 Å². The van der Waals surface area contributed by atoms with Gasteiger partial charge in [-0.3, -0.25) is 0 Å². The van der Waals surface area contributed by atoms with Crippen molar-refractivity contribution in [1.82, 2.24) is 14.8 Å². The van der Waals surface area contributed by atoms with Crippen LogP contribution in [0.1, 0.15) is 17.2 Å². The Morgan fingerprint density at radius 2 is 1.91 bits per heavy atom. The van der Waals surface area contributed by atoms with Gasteiger partial charge in [-0.05, 0) is 24.1 Å². The van der Waals surface area contributed by atoms with E-state index >= 15 is 0 Å². The van der Waals surface area contributed by atoms with E-state index in [1.807, 2.05) is 24.3 Å². The molecule has 0 bridgehead atoms. The van der Waals surface area contributed by atoms with E-state index in [1.54, 1.807) is 0 Å². The zero-order valence-electron chi connectivity index (χ0n) is 11.5. The lowest BCUT2D eigenvalue weighted by Gasteiger charge is -2.27. The average molecular weight is 360 g/mol. The van der Waals surface area contributed by atoms with Crippen LogP contribution in [-0.4, -0.2) is 34.2 Å². The molecule has 10 heteroatoms. The Kier molecular flexibility index (Phi) is 6.63. The van der Waals surface area contributed by atoms with Gasteiger partial charge in [-0.1, -0.05) is 24.3 Å². The van der Waals surface area contributed by atoms with Crippen LogP contribution >= 0.6 is 12.4 Å². The number of fused-ring (bicyclic) bond motifs is 1. The van der Waals surface area contributed by atoms with Crippen molar-refractivity contribution in [3.8, 4) is 0 Å². The number of alkyl halides is 3. The largest absolute Gasteiger partial charge is 0.402 e. The van der Waals surface area contributed by atoms with Gasteiger partial charge in [0.15, 0.2) is 0 Å². The first kappa shape index (κ1) is 19.2. The molecule has 0 aromatic heterocycles. The molecule has 0 saturated carbocycles. The second-order valence-corrected chi connectivity index (χ2v) is 6.33. The van der Waals surface area contributed by atoms with Crippen molar-refractivity contribution < 1.29 is 21.6 Å². The quantitative estimate of drug-likeness (QED) is 0.741. The van der Waals surface area contributed by atoms with Crippen molar-refractivity contribution in [2.45, 2.75) is 18.6 Å². The molecule has 3 N–H and O–H groups in total. The predicted molar refractivity (Wildman–Crippen MR) is 79.1 cm³/mol. The first-order valence-corrected chi connectivity index (χ1v) is 7.87. The summed E-state index contributed by atoms with van der Waals surface area (Å²) in [6, 6.07) is 7.33. The highest BCUT2D eigenvalue weighted by molar-refractivity contribution is 7.87. The lowest BCUT2D eigenvalue weighted by atomic mass is 9.95. The van der Waals surface area contributed by atoms with Crippen LogP contribution in [0.15, 0.2) is 24.3 Å². The van der Waals surface area contributed by atoms with E-state index in [2.05, 4.69) is 10.0 Å². The maximum atomic E-state index is 12.0. The van der Waals surface area contributed by atoms with Gasteiger partial charge in [-0.25, -0.2) is 4.72 Å². The Bertz CT molecular complexity index is 596. The third kappa shape index (κ3) is 5.73. The standard InChI is InChI=1S/C12H16F3N3O2S.ClH/c13-12(14,15)8-18-21(19,20)17-7-11-10-4-2-1-3-9(10)5-6-16-11;/h1-4,11,16-18H,5-8H2;1H. The normalized spacial score (nSPS) is 18.4. The molecule has 1 atom stereocenters. The zero-order valence-corrected chi connectivity index (χ0v) is 13.1. The van der Waals surface area contributed by atoms with Crippen molar-refractivity contribution in [2.75, 3.05) is 19.6 Å². The Hall–Kier alpha value is -0.870. The summed E-state index contributed by atoms with van der Waals surface area (Å²) in [5.41, 5.74) is 2.07. The maximum absolute atomic E-state index is 12.0. The molecule has 5 nitrogen and oxygen atoms in total. The number of rotatable bonds is 5. The smallest absolute Gasteiger partial charge is 0.308 e. The van der Waals surface area contributed by atoms with Crippen LogP contribution < -0.4 is 14.8 Å². The molecule has 0 aliphatic carbocycles. The molecule has 1 aliphatic heterocycles. The van der Waals surface area contributed by atoms with E-state index in [0.717, 1.165) is 17.5 Å². The molecule has 22 heavy (non-hydrogen) atoms. The molecular formula is C12H17ClF3N3O2S. The fraction of sp³-hybridized carbons (Fsp3) is 0.500. The summed E-state index contributed by atoms with van der Waals surface area (Å²) in [5.74, 6) is 0. The molecule has 2 rings (SSSR count). The average Bonchev–Trinajstić information content (AvgIpc) is 2.42. The summed E-state index contributed by atoms with van der Waals surface area (Å²) in [7, 11) is -4.18. The van der Waals surface area contributed by atoms with E-state index in [0.29, 0.717) is 6.54 Å². The van der Waals surface area contributed by atoms with Crippen molar-refractivity contribution >= 4 is 22.6 Å². The Labute approximate surface area is 133 Å². The van der Waals surface area contributed by atoms with Crippen molar-refractivity contribution in [3.05, 3.63) is 35.4 Å². The van der Waals surface area contributed by atoms with Gasteiger partial charge in [0.25, 0.3) is 10.2 Å². The van der Waals surface area contributed by atoms with Gasteiger partial charge < -0.3 is 5.32 Å². The van der Waals surface area contributed by atoms with Crippen molar-refractivity contribution in [3.63, 3.8) is 0 Å². The molecule has 1 aromatic rings. The number of halogens is 4. The van der Waals surface area contributed by atoms with Crippen LogP contribution in [0, 0.1) is 0 Å². The number of hydrogen-bond acceptors (Lipinski definition) is 3. The summed E-state index contributed by atoms with van der Waals surface area (Å²) >= 11 is 0. The minimum Gasteiger partial charge on any atom is -0.308 e. The van der Waals surface area contributed by atoms with Gasteiger partial charge in [0.05, 0.1) is 0 Å². The minimum absolute atomic E-state index is 0. The molecular weight excluding hydrogens is 343 g/mol.